The number of anilines is 1. The van der Waals surface area contributed by atoms with Gasteiger partial charge in [0.2, 0.25) is 11.8 Å². The van der Waals surface area contributed by atoms with Gasteiger partial charge in [-0.25, -0.2) is 0 Å². The van der Waals surface area contributed by atoms with Gasteiger partial charge in [-0.3, -0.25) is 19.3 Å². The highest BCUT2D eigenvalue weighted by molar-refractivity contribution is 8.00. The molecule has 4 aliphatic rings. The van der Waals surface area contributed by atoms with E-state index in [0.29, 0.717) is 11.4 Å². The third-order valence-electron chi connectivity index (χ3n) is 8.49. The highest BCUT2D eigenvalue weighted by atomic mass is 32.2. The minimum atomic E-state index is -0.290. The van der Waals surface area contributed by atoms with Crippen LogP contribution in [0.3, 0.4) is 0 Å². The quantitative estimate of drug-likeness (QED) is 0.534. The van der Waals surface area contributed by atoms with E-state index in [0.717, 1.165) is 16.3 Å². The number of ether oxygens (including phenoxy) is 1. The van der Waals surface area contributed by atoms with Crippen LogP contribution in [0, 0.1) is 36.5 Å². The van der Waals surface area contributed by atoms with E-state index >= 15 is 0 Å². The number of rotatable bonds is 3. The Balaban J connectivity index is 1.30. The molecule has 1 saturated heterocycles. The van der Waals surface area contributed by atoms with E-state index in [9.17, 15) is 14.4 Å². The monoisotopic (exact) mass is 504 g/mol. The summed E-state index contributed by atoms with van der Waals surface area (Å²) in [5.74, 6) is 0.510. The van der Waals surface area contributed by atoms with E-state index in [1.54, 1.807) is 43.1 Å². The molecule has 0 spiro atoms. The second-order valence-corrected chi connectivity index (χ2v) is 12.3. The third kappa shape index (κ3) is 2.93. The number of carbonyl (C=O) groups excluding carboxylic acids is 2. The Morgan fingerprint density at radius 2 is 1.63 bits per heavy atom. The number of aryl methyl sites for hydroxylation is 1. The van der Waals surface area contributed by atoms with Crippen molar-refractivity contribution in [1.82, 2.24) is 4.98 Å². The maximum atomic E-state index is 13.8. The van der Waals surface area contributed by atoms with Gasteiger partial charge in [0, 0.05) is 16.0 Å². The number of hydrogen-bond acceptors (Lipinski definition) is 6. The van der Waals surface area contributed by atoms with E-state index < -0.39 is 0 Å². The van der Waals surface area contributed by atoms with Crippen LogP contribution in [0.4, 0.5) is 5.69 Å². The van der Waals surface area contributed by atoms with Crippen molar-refractivity contribution in [3.8, 4) is 5.75 Å². The molecule has 6 nitrogen and oxygen atoms in total. The number of imide groups is 1. The van der Waals surface area contributed by atoms with Gasteiger partial charge in [-0.05, 0) is 60.9 Å². The molecule has 3 fully saturated rings. The number of thioether (sulfide) groups is 1. The molecule has 0 unspecified atom stereocenters. The number of H-pyrrole nitrogens is 1. The average molecular weight is 505 g/mol. The van der Waals surface area contributed by atoms with Crippen molar-refractivity contribution in [2.45, 2.75) is 29.5 Å². The summed E-state index contributed by atoms with van der Waals surface area (Å²) in [6, 6.07) is 15.7. The summed E-state index contributed by atoms with van der Waals surface area (Å²) in [5, 5.41) is 1.15. The van der Waals surface area contributed by atoms with Crippen molar-refractivity contribution in [2.75, 3.05) is 12.0 Å². The minimum Gasteiger partial charge on any atom is -0.497 e. The van der Waals surface area contributed by atoms with Crippen molar-refractivity contribution < 1.29 is 14.3 Å². The summed E-state index contributed by atoms with van der Waals surface area (Å²) >= 11 is 3.02. The molecule has 3 heterocycles. The van der Waals surface area contributed by atoms with Crippen molar-refractivity contribution in [3.63, 3.8) is 0 Å². The second-order valence-electron chi connectivity index (χ2n) is 10.1. The van der Waals surface area contributed by atoms with Crippen LogP contribution in [0.5, 0.6) is 5.75 Å². The van der Waals surface area contributed by atoms with Gasteiger partial charge in [0.25, 0.3) is 0 Å². The first-order chi connectivity index (χ1) is 17.0. The fraction of sp³-hybridized carbons (Fsp3) is 0.370. The zero-order valence-corrected chi connectivity index (χ0v) is 20.9. The Morgan fingerprint density at radius 1 is 0.943 bits per heavy atom. The van der Waals surface area contributed by atoms with Gasteiger partial charge >= 0.3 is 4.87 Å². The smallest absolute Gasteiger partial charge is 0.305 e. The summed E-state index contributed by atoms with van der Waals surface area (Å²) in [6.45, 7) is 2.07. The molecular formula is C27H24N2O4S2. The number of carbonyl (C=O) groups is 2. The molecule has 1 N–H and O–H groups in total. The number of amides is 2. The van der Waals surface area contributed by atoms with Crippen LogP contribution in [0.25, 0.3) is 0 Å². The van der Waals surface area contributed by atoms with Crippen LogP contribution in [-0.4, -0.2) is 29.2 Å². The number of aromatic amines is 1. The lowest BCUT2D eigenvalue weighted by Crippen LogP contribution is -2.42. The molecular weight excluding hydrogens is 480 g/mol. The third-order valence-corrected chi connectivity index (χ3v) is 11.1. The standard InChI is InChI=1S/C27H24N2O4S2/c1-12-3-5-13(6-4-12)18-19-16-11-17(22(19)34-24-23(18)35-27(32)28-24)21-20(16)25(30)29(26(21)31)14-7-9-15(33-2)10-8-14/h3-10,16-22H,11H2,1-2H3,(H,28,32)/t16-,17-,18+,19-,20+,21-,22-/m1/s1. The molecule has 2 amide bonds. The van der Waals surface area contributed by atoms with Crippen LogP contribution >= 0.6 is 23.1 Å². The fourth-order valence-corrected chi connectivity index (χ4v) is 10.0. The van der Waals surface area contributed by atoms with Crippen LogP contribution in [-0.2, 0) is 9.59 Å². The Labute approximate surface area is 210 Å². The first-order valence-electron chi connectivity index (χ1n) is 11.9. The molecule has 1 aromatic heterocycles. The number of fused-ring (bicyclic) bond motifs is 9. The molecule has 35 heavy (non-hydrogen) atoms. The summed E-state index contributed by atoms with van der Waals surface area (Å²) in [6.07, 6.45) is 0.896. The molecule has 2 aromatic carbocycles. The lowest BCUT2D eigenvalue weighted by atomic mass is 9.68. The molecule has 3 aromatic rings. The normalized spacial score (nSPS) is 32.5. The number of benzene rings is 2. The summed E-state index contributed by atoms with van der Waals surface area (Å²) in [4.78, 5) is 45.3. The number of nitrogens with one attached hydrogen (secondary N) is 1. The number of hydrogen-bond donors (Lipinski definition) is 1. The summed E-state index contributed by atoms with van der Waals surface area (Å²) in [7, 11) is 1.60. The van der Waals surface area contributed by atoms with Crippen LogP contribution < -0.4 is 14.5 Å². The topological polar surface area (TPSA) is 79.5 Å². The Morgan fingerprint density at radius 3 is 2.31 bits per heavy atom. The average Bonchev–Trinajstić information content (AvgIpc) is 3.59. The molecule has 2 saturated carbocycles. The Kier molecular flexibility index (Phi) is 4.64. The zero-order chi connectivity index (χ0) is 24.0. The second kappa shape index (κ2) is 7.58. The molecule has 178 valence electrons. The highest BCUT2D eigenvalue weighted by Gasteiger charge is 2.69. The largest absolute Gasteiger partial charge is 0.497 e. The van der Waals surface area contributed by atoms with Crippen LogP contribution in [0.1, 0.15) is 28.3 Å². The van der Waals surface area contributed by atoms with Crippen molar-refractivity contribution in [2.24, 2.45) is 29.6 Å². The molecule has 8 heteroatoms. The number of nitrogens with zero attached hydrogens (tertiary/aromatic N) is 1. The Hall–Kier alpha value is -2.84. The molecule has 7 rings (SSSR count). The number of methoxy groups -OCH3 is 1. The highest BCUT2D eigenvalue weighted by Crippen LogP contribution is 2.68. The molecule has 2 bridgehead atoms. The van der Waals surface area contributed by atoms with E-state index in [1.165, 1.54) is 27.4 Å². The van der Waals surface area contributed by atoms with Gasteiger partial charge in [-0.15, -0.1) is 11.8 Å². The van der Waals surface area contributed by atoms with Crippen molar-refractivity contribution >= 4 is 40.6 Å². The number of thiazole rings is 1. The molecule has 0 radical (unpaired) electrons. The molecule has 7 atom stereocenters. The predicted octanol–water partition coefficient (Wildman–Crippen LogP) is 4.43. The van der Waals surface area contributed by atoms with E-state index in [2.05, 4.69) is 36.2 Å². The van der Waals surface area contributed by atoms with E-state index in [4.69, 9.17) is 4.74 Å². The van der Waals surface area contributed by atoms with Gasteiger partial charge in [0.05, 0.1) is 29.7 Å². The maximum absolute atomic E-state index is 13.8. The first-order valence-corrected chi connectivity index (χ1v) is 13.6. The summed E-state index contributed by atoms with van der Waals surface area (Å²) < 4.78 is 5.25. The minimum absolute atomic E-state index is 0.0371. The van der Waals surface area contributed by atoms with Gasteiger partial charge in [0.15, 0.2) is 0 Å². The van der Waals surface area contributed by atoms with Gasteiger partial charge in [-0.1, -0.05) is 41.2 Å². The van der Waals surface area contributed by atoms with Crippen molar-refractivity contribution in [3.05, 3.63) is 74.2 Å². The van der Waals surface area contributed by atoms with Crippen LogP contribution in [0.2, 0.25) is 0 Å². The van der Waals surface area contributed by atoms with Gasteiger partial charge in [-0.2, -0.15) is 0 Å². The first kappa shape index (κ1) is 21.4. The van der Waals surface area contributed by atoms with Crippen molar-refractivity contribution in [1.29, 1.82) is 0 Å². The lowest BCUT2D eigenvalue weighted by Gasteiger charge is -2.43. The maximum Gasteiger partial charge on any atom is 0.305 e. The van der Waals surface area contributed by atoms with Gasteiger partial charge < -0.3 is 9.72 Å². The van der Waals surface area contributed by atoms with Gasteiger partial charge in [0.1, 0.15) is 5.75 Å². The summed E-state index contributed by atoms with van der Waals surface area (Å²) in [5.41, 5.74) is 3.00. The SMILES string of the molecule is COc1ccc(N2C(=O)[C@@H]3[C@H]4C[C@@H]([C@@H]3C2=O)[C@@H]2[C@H](c3ccc(C)cc3)c3sc(=O)[nH]c3S[C@H]42)cc1. The van der Waals surface area contributed by atoms with Crippen LogP contribution in [0.15, 0.2) is 58.4 Å². The Bertz CT molecular complexity index is 1410. The lowest BCUT2D eigenvalue weighted by molar-refractivity contribution is -0.123. The van der Waals surface area contributed by atoms with E-state index in [-0.39, 0.29) is 57.4 Å². The fourth-order valence-electron chi connectivity index (χ4n) is 7.15. The molecule has 2 aliphatic carbocycles. The zero-order valence-electron chi connectivity index (χ0n) is 19.3. The predicted molar refractivity (Wildman–Crippen MR) is 135 cm³/mol. The molecule has 2 aliphatic heterocycles. The number of aromatic nitrogens is 1. The van der Waals surface area contributed by atoms with E-state index in [1.807, 2.05) is 0 Å².